The number of nitrogens with one attached hydrogen (secondary N) is 3. The van der Waals surface area contributed by atoms with Crippen LogP contribution in [0.3, 0.4) is 0 Å². The van der Waals surface area contributed by atoms with Crippen molar-refractivity contribution in [3.63, 3.8) is 0 Å². The molecule has 0 spiro atoms. The lowest BCUT2D eigenvalue weighted by Crippen LogP contribution is -2.47. The molecule has 2 atom stereocenters. The van der Waals surface area contributed by atoms with Crippen molar-refractivity contribution in [1.29, 1.82) is 0 Å². The smallest absolute Gasteiger partial charge is 0.395 e. The third-order valence-corrected chi connectivity index (χ3v) is 7.69. The van der Waals surface area contributed by atoms with E-state index in [0.29, 0.717) is 36.1 Å². The monoisotopic (exact) mass is 672 g/mol. The molecule has 3 amide bonds. The second kappa shape index (κ2) is 19.0. The first-order chi connectivity index (χ1) is 22.3. The molecule has 254 valence electrons. The van der Waals surface area contributed by atoms with E-state index in [2.05, 4.69) is 16.0 Å². The van der Waals surface area contributed by atoms with E-state index < -0.39 is 47.7 Å². The van der Waals surface area contributed by atoms with E-state index in [9.17, 15) is 48.9 Å². The summed E-state index contributed by atoms with van der Waals surface area (Å²) >= 11 is 1.51. The van der Waals surface area contributed by atoms with E-state index in [0.717, 1.165) is 4.90 Å². The summed E-state index contributed by atoms with van der Waals surface area (Å²) in [5, 5.41) is 36.5. The second-order valence-corrected chi connectivity index (χ2v) is 11.5. The highest BCUT2D eigenvalue weighted by atomic mass is 32.2. The fourth-order valence-corrected chi connectivity index (χ4v) is 5.22. The number of Topliss-reactive ketones (excluding diaryl/α,β-unsaturated/α-hetero) is 1. The van der Waals surface area contributed by atoms with Crippen molar-refractivity contribution in [3.05, 3.63) is 59.2 Å². The van der Waals surface area contributed by atoms with Gasteiger partial charge in [-0.25, -0.2) is 9.59 Å². The number of anilines is 2. The molecule has 0 aliphatic carbocycles. The molecule has 0 bridgehead atoms. The lowest BCUT2D eigenvalue weighted by Gasteiger charge is -2.26. The number of thioether (sulfide) groups is 1. The van der Waals surface area contributed by atoms with Gasteiger partial charge in [-0.05, 0) is 60.6 Å². The summed E-state index contributed by atoms with van der Waals surface area (Å²) in [6, 6.07) is 8.36. The van der Waals surface area contributed by atoms with Crippen LogP contribution < -0.4 is 20.9 Å². The van der Waals surface area contributed by atoms with Gasteiger partial charge in [-0.2, -0.15) is 11.8 Å². The molecule has 0 radical (unpaired) electrons. The fraction of sp³-hybridized carbons (Fsp3) is 0.406. The minimum atomic E-state index is -1.78. The molecular weight excluding hydrogens is 632 g/mol. The predicted molar refractivity (Wildman–Crippen MR) is 175 cm³/mol. The van der Waals surface area contributed by atoms with Crippen molar-refractivity contribution in [2.75, 3.05) is 30.0 Å². The number of aryl methyl sites for hydroxylation is 1. The Balaban J connectivity index is 2.16. The normalized spacial score (nSPS) is 12.0. The van der Waals surface area contributed by atoms with Crippen molar-refractivity contribution in [3.8, 4) is 0 Å². The van der Waals surface area contributed by atoms with Crippen molar-refractivity contribution in [1.82, 2.24) is 16.0 Å². The Kier molecular flexibility index (Phi) is 15.6. The standard InChI is InChI=1S/C32H40N4O10S/c1-4-21-16-20(11-12-26(21)36(29(40)32(45)46)27-10-6-5-9-23(27)30(41)42)17-25(35-19(2)37)28(39)33-14-7-8-22(38)18-34-24(31(43)44)13-15-47-3/h5-6,9-12,16,24-25,34H,4,7-8,13-15,17-18H2,1-3H3,(H,33,39)(H,35,37)(H,41,42)(H,43,44)(H,45,46)/t24-,25?/m0/s1. The van der Waals surface area contributed by atoms with Crippen LogP contribution in [0.5, 0.6) is 0 Å². The molecule has 0 aliphatic heterocycles. The molecule has 6 N–H and O–H groups in total. The van der Waals surface area contributed by atoms with Gasteiger partial charge in [0.05, 0.1) is 23.5 Å². The Morgan fingerprint density at radius 3 is 2.23 bits per heavy atom. The van der Waals surface area contributed by atoms with Gasteiger partial charge in [0.15, 0.2) is 0 Å². The minimum Gasteiger partial charge on any atom is -0.480 e. The van der Waals surface area contributed by atoms with Gasteiger partial charge < -0.3 is 26.0 Å². The lowest BCUT2D eigenvalue weighted by molar-refractivity contribution is -0.148. The van der Waals surface area contributed by atoms with Crippen LogP contribution in [0.15, 0.2) is 42.5 Å². The number of nitrogens with zero attached hydrogens (tertiary/aromatic N) is 1. The Morgan fingerprint density at radius 2 is 1.64 bits per heavy atom. The minimum absolute atomic E-state index is 0.0345. The van der Waals surface area contributed by atoms with Crippen molar-refractivity contribution < 1.29 is 48.9 Å². The van der Waals surface area contributed by atoms with Crippen LogP contribution >= 0.6 is 11.8 Å². The molecule has 0 aromatic heterocycles. The Labute approximate surface area is 276 Å². The van der Waals surface area contributed by atoms with Gasteiger partial charge in [0.2, 0.25) is 11.8 Å². The van der Waals surface area contributed by atoms with Gasteiger partial charge in [0, 0.05) is 26.3 Å². The summed E-state index contributed by atoms with van der Waals surface area (Å²) in [6.45, 7) is 3.03. The summed E-state index contributed by atoms with van der Waals surface area (Å²) in [7, 11) is 0. The Bertz CT molecular complexity index is 1480. The zero-order chi connectivity index (χ0) is 35.1. The summed E-state index contributed by atoms with van der Waals surface area (Å²) in [5.41, 5.74) is 0.812. The van der Waals surface area contributed by atoms with Gasteiger partial charge in [-0.3, -0.25) is 34.2 Å². The quantitative estimate of drug-likeness (QED) is 0.0933. The maximum absolute atomic E-state index is 13.0. The number of rotatable bonds is 19. The van der Waals surface area contributed by atoms with Crippen molar-refractivity contribution in [2.45, 2.75) is 58.0 Å². The number of aromatic carboxylic acids is 1. The highest BCUT2D eigenvalue weighted by Crippen LogP contribution is 2.33. The van der Waals surface area contributed by atoms with Gasteiger partial charge in [0.1, 0.15) is 17.9 Å². The number of para-hydroxylation sites is 1. The number of carbonyl (C=O) groups is 7. The summed E-state index contributed by atoms with van der Waals surface area (Å²) in [6.07, 6.45) is 2.98. The van der Waals surface area contributed by atoms with Crippen LogP contribution in [0.25, 0.3) is 0 Å². The van der Waals surface area contributed by atoms with E-state index in [4.69, 9.17) is 0 Å². The molecule has 2 aromatic rings. The van der Waals surface area contributed by atoms with Crippen LogP contribution in [0.4, 0.5) is 11.4 Å². The van der Waals surface area contributed by atoms with Gasteiger partial charge in [-0.15, -0.1) is 0 Å². The first-order valence-corrected chi connectivity index (χ1v) is 16.2. The van der Waals surface area contributed by atoms with Crippen molar-refractivity contribution in [2.24, 2.45) is 0 Å². The van der Waals surface area contributed by atoms with E-state index >= 15 is 0 Å². The van der Waals surface area contributed by atoms with Gasteiger partial charge >= 0.3 is 23.8 Å². The fourth-order valence-electron chi connectivity index (χ4n) is 4.75. The van der Waals surface area contributed by atoms with Crippen LogP contribution in [-0.4, -0.2) is 93.9 Å². The van der Waals surface area contributed by atoms with E-state index in [1.807, 2.05) is 6.26 Å². The number of ketones is 1. The molecule has 14 nitrogen and oxygen atoms in total. The molecule has 1 unspecified atom stereocenters. The highest BCUT2D eigenvalue weighted by molar-refractivity contribution is 7.98. The molecular formula is C32H40N4O10S. The van der Waals surface area contributed by atoms with Gasteiger partial charge in [0.25, 0.3) is 0 Å². The molecule has 0 fully saturated rings. The molecule has 0 saturated carbocycles. The first-order valence-electron chi connectivity index (χ1n) is 14.8. The number of carboxylic acid groups (broad SMARTS) is 3. The molecule has 2 rings (SSSR count). The zero-order valence-electron chi connectivity index (χ0n) is 26.4. The number of carbonyl (C=O) groups excluding carboxylic acids is 4. The van der Waals surface area contributed by atoms with Gasteiger partial charge in [-0.1, -0.05) is 31.2 Å². The predicted octanol–water partition coefficient (Wildman–Crippen LogP) is 2.01. The van der Waals surface area contributed by atoms with E-state index in [-0.39, 0.29) is 48.7 Å². The molecule has 15 heteroatoms. The molecule has 0 saturated heterocycles. The Hall–Kier alpha value is -4.76. The van der Waals surface area contributed by atoms with Crippen LogP contribution in [-0.2, 0) is 41.6 Å². The SMILES string of the molecule is CCc1cc(CC(NC(C)=O)C(=O)NCCCC(=O)CN[C@@H](CCSC)C(=O)O)ccc1N(C(=O)C(=O)O)c1ccccc1C(=O)O. The number of benzene rings is 2. The maximum Gasteiger partial charge on any atom is 0.395 e. The number of amides is 3. The number of hydrogen-bond acceptors (Lipinski definition) is 9. The Morgan fingerprint density at radius 1 is 0.936 bits per heavy atom. The second-order valence-electron chi connectivity index (χ2n) is 10.5. The average molecular weight is 673 g/mol. The third-order valence-electron chi connectivity index (χ3n) is 7.05. The van der Waals surface area contributed by atoms with Crippen LogP contribution in [0.2, 0.25) is 0 Å². The molecule has 0 heterocycles. The molecule has 2 aromatic carbocycles. The van der Waals surface area contributed by atoms with Crippen LogP contribution in [0.1, 0.15) is 54.6 Å². The maximum atomic E-state index is 13.0. The number of carboxylic acids is 3. The first kappa shape index (κ1) is 38.4. The topological polar surface area (TPSA) is 220 Å². The van der Waals surface area contributed by atoms with E-state index in [1.165, 1.54) is 49.0 Å². The lowest BCUT2D eigenvalue weighted by atomic mass is 9.99. The van der Waals surface area contributed by atoms with Crippen molar-refractivity contribution >= 4 is 64.5 Å². The largest absolute Gasteiger partial charge is 0.480 e. The number of hydrogen-bond donors (Lipinski definition) is 6. The highest BCUT2D eigenvalue weighted by Gasteiger charge is 2.30. The average Bonchev–Trinajstić information content (AvgIpc) is 3.02. The number of aliphatic carboxylic acids is 2. The summed E-state index contributed by atoms with van der Waals surface area (Å²) in [5.74, 6) is -6.06. The molecule has 0 aliphatic rings. The third kappa shape index (κ3) is 11.8. The molecule has 47 heavy (non-hydrogen) atoms. The summed E-state index contributed by atoms with van der Waals surface area (Å²) in [4.78, 5) is 85.8. The zero-order valence-corrected chi connectivity index (χ0v) is 27.2. The van der Waals surface area contributed by atoms with E-state index in [1.54, 1.807) is 19.1 Å². The van der Waals surface area contributed by atoms with Crippen LogP contribution in [0, 0.1) is 0 Å². The summed E-state index contributed by atoms with van der Waals surface area (Å²) < 4.78 is 0.